The molecule has 102 valence electrons. The molecule has 0 aromatic rings. The molecule has 1 N–H and O–H groups in total. The Morgan fingerprint density at radius 3 is 2.22 bits per heavy atom. The highest BCUT2D eigenvalue weighted by molar-refractivity contribution is 5.14. The summed E-state index contributed by atoms with van der Waals surface area (Å²) in [7, 11) is 0. The first-order chi connectivity index (χ1) is 8.54. The first kappa shape index (κ1) is 13.9. The van der Waals surface area contributed by atoms with Crippen LogP contribution in [0.5, 0.6) is 0 Å². The van der Waals surface area contributed by atoms with Crippen molar-refractivity contribution in [3.05, 3.63) is 0 Å². The standard InChI is InChI=1S/C16H27NO/c1-13-7-8-14(2)16(18,11-13)15(12-17)9-5-3-4-6-10-15/h13-14,18H,3-11H2,1-2H3. The van der Waals surface area contributed by atoms with Crippen LogP contribution in [0.4, 0.5) is 0 Å². The molecule has 0 amide bonds. The summed E-state index contributed by atoms with van der Waals surface area (Å²) in [5.41, 5.74) is -1.22. The van der Waals surface area contributed by atoms with Crippen LogP contribution in [0.2, 0.25) is 0 Å². The van der Waals surface area contributed by atoms with Crippen molar-refractivity contribution in [1.29, 1.82) is 5.26 Å². The zero-order valence-corrected chi connectivity index (χ0v) is 11.9. The Balaban J connectivity index is 2.31. The molecule has 2 heteroatoms. The lowest BCUT2D eigenvalue weighted by Gasteiger charge is -2.50. The lowest BCUT2D eigenvalue weighted by molar-refractivity contribution is -0.136. The molecule has 2 nitrogen and oxygen atoms in total. The Bertz CT molecular complexity index is 324. The molecular formula is C16H27NO. The van der Waals surface area contributed by atoms with E-state index in [2.05, 4.69) is 19.9 Å². The van der Waals surface area contributed by atoms with E-state index in [1.54, 1.807) is 0 Å². The van der Waals surface area contributed by atoms with E-state index in [0.717, 1.165) is 38.5 Å². The lowest BCUT2D eigenvalue weighted by atomic mass is 9.56. The molecule has 0 heterocycles. The van der Waals surface area contributed by atoms with E-state index in [-0.39, 0.29) is 5.92 Å². The Morgan fingerprint density at radius 1 is 1.06 bits per heavy atom. The molecule has 0 aromatic heterocycles. The van der Waals surface area contributed by atoms with Crippen LogP contribution in [0, 0.1) is 28.6 Å². The second kappa shape index (κ2) is 5.21. The summed E-state index contributed by atoms with van der Waals surface area (Å²) in [5, 5.41) is 21.1. The van der Waals surface area contributed by atoms with Crippen LogP contribution in [0.1, 0.15) is 71.6 Å². The number of hydrogen-bond acceptors (Lipinski definition) is 2. The highest BCUT2D eigenvalue weighted by atomic mass is 16.3. The van der Waals surface area contributed by atoms with Gasteiger partial charge in [-0.15, -0.1) is 0 Å². The topological polar surface area (TPSA) is 44.0 Å². The van der Waals surface area contributed by atoms with Crippen LogP contribution < -0.4 is 0 Å². The molecule has 2 aliphatic carbocycles. The molecule has 2 aliphatic rings. The fourth-order valence-corrected chi connectivity index (χ4v) is 4.25. The minimum absolute atomic E-state index is 0.270. The molecule has 0 aromatic carbocycles. The smallest absolute Gasteiger partial charge is 0.0863 e. The van der Waals surface area contributed by atoms with Crippen molar-refractivity contribution in [3.8, 4) is 6.07 Å². The lowest BCUT2D eigenvalue weighted by Crippen LogP contribution is -2.55. The molecule has 18 heavy (non-hydrogen) atoms. The predicted molar refractivity (Wildman–Crippen MR) is 72.9 cm³/mol. The van der Waals surface area contributed by atoms with Crippen molar-refractivity contribution in [3.63, 3.8) is 0 Å². The van der Waals surface area contributed by atoms with Gasteiger partial charge in [-0.3, -0.25) is 0 Å². The van der Waals surface area contributed by atoms with Crippen LogP contribution in [-0.4, -0.2) is 10.7 Å². The van der Waals surface area contributed by atoms with Crippen molar-refractivity contribution < 1.29 is 5.11 Å². The molecule has 2 rings (SSSR count). The monoisotopic (exact) mass is 249 g/mol. The maximum absolute atomic E-state index is 11.3. The summed E-state index contributed by atoms with van der Waals surface area (Å²) in [6, 6.07) is 2.57. The van der Waals surface area contributed by atoms with Gasteiger partial charge < -0.3 is 5.11 Å². The van der Waals surface area contributed by atoms with Crippen LogP contribution in [-0.2, 0) is 0 Å². The maximum atomic E-state index is 11.3. The van der Waals surface area contributed by atoms with E-state index < -0.39 is 11.0 Å². The molecule has 0 saturated heterocycles. The highest BCUT2D eigenvalue weighted by Crippen LogP contribution is 2.53. The molecule has 0 radical (unpaired) electrons. The van der Waals surface area contributed by atoms with Gasteiger partial charge in [0.2, 0.25) is 0 Å². The van der Waals surface area contributed by atoms with Crippen molar-refractivity contribution in [2.45, 2.75) is 77.2 Å². The van der Waals surface area contributed by atoms with Crippen LogP contribution >= 0.6 is 0 Å². The summed E-state index contributed by atoms with van der Waals surface area (Å²) in [6.45, 7) is 4.37. The second-order valence-electron chi connectivity index (χ2n) is 6.82. The van der Waals surface area contributed by atoms with E-state index in [4.69, 9.17) is 0 Å². The SMILES string of the molecule is CC1CCC(C)C(O)(C2(C#N)CCCCCC2)C1. The van der Waals surface area contributed by atoms with Gasteiger partial charge in [-0.1, -0.05) is 46.0 Å². The number of aliphatic hydroxyl groups is 1. The summed E-state index contributed by atoms with van der Waals surface area (Å²) >= 11 is 0. The zero-order chi connectivity index (χ0) is 13.2. The summed E-state index contributed by atoms with van der Waals surface area (Å²) in [4.78, 5) is 0. The Labute approximate surface area is 111 Å². The maximum Gasteiger partial charge on any atom is 0.0863 e. The van der Waals surface area contributed by atoms with Crippen molar-refractivity contribution in [2.75, 3.05) is 0 Å². The highest BCUT2D eigenvalue weighted by Gasteiger charge is 2.55. The van der Waals surface area contributed by atoms with Gasteiger partial charge in [0.25, 0.3) is 0 Å². The van der Waals surface area contributed by atoms with Gasteiger partial charge in [-0.25, -0.2) is 0 Å². The summed E-state index contributed by atoms with van der Waals surface area (Å²) < 4.78 is 0. The van der Waals surface area contributed by atoms with Crippen LogP contribution in [0.15, 0.2) is 0 Å². The zero-order valence-electron chi connectivity index (χ0n) is 11.9. The van der Waals surface area contributed by atoms with Crippen LogP contribution in [0.3, 0.4) is 0 Å². The molecule has 0 bridgehead atoms. The Morgan fingerprint density at radius 2 is 1.67 bits per heavy atom. The molecule has 2 saturated carbocycles. The summed E-state index contributed by atoms with van der Waals surface area (Å²) in [6.07, 6.45) is 9.56. The van der Waals surface area contributed by atoms with Gasteiger partial charge >= 0.3 is 0 Å². The third kappa shape index (κ3) is 2.18. The van der Waals surface area contributed by atoms with Gasteiger partial charge in [-0.2, -0.15) is 5.26 Å². The molecule has 0 spiro atoms. The average molecular weight is 249 g/mol. The first-order valence-electron chi connectivity index (χ1n) is 7.68. The third-order valence-corrected chi connectivity index (χ3v) is 5.57. The second-order valence-corrected chi connectivity index (χ2v) is 6.82. The van der Waals surface area contributed by atoms with Gasteiger partial charge in [0.15, 0.2) is 0 Å². The normalized spacial score (nSPS) is 40.8. The summed E-state index contributed by atoms with van der Waals surface area (Å²) in [5.74, 6) is 0.825. The minimum Gasteiger partial charge on any atom is -0.388 e. The molecular weight excluding hydrogens is 222 g/mol. The molecule has 0 aliphatic heterocycles. The fraction of sp³-hybridized carbons (Fsp3) is 0.938. The molecule has 2 fully saturated rings. The largest absolute Gasteiger partial charge is 0.388 e. The van der Waals surface area contributed by atoms with E-state index >= 15 is 0 Å². The van der Waals surface area contributed by atoms with Crippen molar-refractivity contribution in [2.24, 2.45) is 17.3 Å². The fourth-order valence-electron chi connectivity index (χ4n) is 4.25. The quantitative estimate of drug-likeness (QED) is 0.713. The van der Waals surface area contributed by atoms with Gasteiger partial charge in [0, 0.05) is 0 Å². The minimum atomic E-state index is -0.746. The molecule has 3 atom stereocenters. The number of nitrogens with zero attached hydrogens (tertiary/aromatic N) is 1. The van der Waals surface area contributed by atoms with E-state index in [1.165, 1.54) is 19.3 Å². The van der Waals surface area contributed by atoms with Crippen molar-refractivity contribution >= 4 is 0 Å². The first-order valence-corrected chi connectivity index (χ1v) is 7.68. The third-order valence-electron chi connectivity index (χ3n) is 5.57. The average Bonchev–Trinajstić information content (AvgIpc) is 2.60. The molecule has 3 unspecified atom stereocenters. The van der Waals surface area contributed by atoms with E-state index in [9.17, 15) is 10.4 Å². The predicted octanol–water partition coefficient (Wildman–Crippen LogP) is 4.04. The van der Waals surface area contributed by atoms with Crippen molar-refractivity contribution in [1.82, 2.24) is 0 Å². The van der Waals surface area contributed by atoms with Gasteiger partial charge in [0.1, 0.15) is 0 Å². The van der Waals surface area contributed by atoms with Crippen LogP contribution in [0.25, 0.3) is 0 Å². The van der Waals surface area contributed by atoms with Gasteiger partial charge in [0.05, 0.1) is 17.1 Å². The number of nitriles is 1. The van der Waals surface area contributed by atoms with E-state index in [0.29, 0.717) is 5.92 Å². The Kier molecular flexibility index (Phi) is 4.02. The van der Waals surface area contributed by atoms with E-state index in [1.807, 2.05) is 0 Å². The Hall–Kier alpha value is -0.550. The number of rotatable bonds is 1. The number of hydrogen-bond donors (Lipinski definition) is 1. The van der Waals surface area contributed by atoms with Gasteiger partial charge in [-0.05, 0) is 37.5 Å².